The molecule has 3 aromatic heterocycles. The second-order valence-electron chi connectivity index (χ2n) is 10.4. The van der Waals surface area contributed by atoms with Gasteiger partial charge in [0, 0.05) is 60.3 Å². The first-order valence-corrected chi connectivity index (χ1v) is 12.6. The van der Waals surface area contributed by atoms with Gasteiger partial charge in [-0.2, -0.15) is 5.10 Å². The van der Waals surface area contributed by atoms with Gasteiger partial charge in [-0.25, -0.2) is 4.79 Å². The van der Waals surface area contributed by atoms with Crippen molar-refractivity contribution in [3.8, 4) is 11.3 Å². The maximum Gasteiger partial charge on any atom is 0.318 e. The largest absolute Gasteiger partial charge is 0.328 e. The maximum atomic E-state index is 13.4. The molecule has 1 N–H and O–H groups in total. The normalized spacial score (nSPS) is 22.3. The molecule has 5 heterocycles. The zero-order chi connectivity index (χ0) is 23.5. The molecule has 7 heteroatoms. The Morgan fingerprint density at radius 2 is 1.86 bits per heavy atom. The van der Waals surface area contributed by atoms with Gasteiger partial charge in [-0.1, -0.05) is 24.3 Å². The van der Waals surface area contributed by atoms with Crippen molar-refractivity contribution in [3.05, 3.63) is 78.4 Å². The Hall–Kier alpha value is -3.74. The monoisotopic (exact) mass is 464 g/mol. The van der Waals surface area contributed by atoms with E-state index in [1.54, 1.807) is 6.20 Å². The average molecular weight is 465 g/mol. The van der Waals surface area contributed by atoms with Crippen LogP contribution in [0.2, 0.25) is 0 Å². The van der Waals surface area contributed by atoms with E-state index in [0.29, 0.717) is 0 Å². The lowest BCUT2D eigenvalue weighted by atomic mass is 9.72. The van der Waals surface area contributed by atoms with Crippen LogP contribution in [0.1, 0.15) is 43.4 Å². The van der Waals surface area contributed by atoms with Gasteiger partial charge in [0.1, 0.15) is 0 Å². The van der Waals surface area contributed by atoms with E-state index in [1.807, 2.05) is 41.6 Å². The van der Waals surface area contributed by atoms with Crippen LogP contribution in [0, 0.1) is 0 Å². The third-order valence-electron chi connectivity index (χ3n) is 8.42. The number of amides is 2. The molecule has 1 unspecified atom stereocenters. The van der Waals surface area contributed by atoms with Gasteiger partial charge < -0.3 is 10.2 Å². The molecular weight excluding hydrogens is 436 g/mol. The highest BCUT2D eigenvalue weighted by Gasteiger charge is 2.48. The van der Waals surface area contributed by atoms with Crippen molar-refractivity contribution in [1.29, 1.82) is 0 Å². The second kappa shape index (κ2) is 7.63. The number of hydrogen-bond acceptors (Lipinski definition) is 4. The fourth-order valence-electron chi connectivity index (χ4n) is 6.22. The van der Waals surface area contributed by atoms with Gasteiger partial charge in [0.2, 0.25) is 0 Å². The number of hydrogen-bond donors (Lipinski definition) is 1. The van der Waals surface area contributed by atoms with Crippen LogP contribution in [-0.2, 0) is 17.5 Å². The highest BCUT2D eigenvalue weighted by molar-refractivity contribution is 5.83. The van der Waals surface area contributed by atoms with Crippen molar-refractivity contribution in [2.45, 2.75) is 49.6 Å². The van der Waals surface area contributed by atoms with Crippen LogP contribution in [0.25, 0.3) is 22.2 Å². The van der Waals surface area contributed by atoms with Crippen molar-refractivity contribution >= 4 is 16.9 Å². The van der Waals surface area contributed by atoms with Crippen LogP contribution in [0.3, 0.4) is 0 Å². The highest BCUT2D eigenvalue weighted by atomic mass is 16.2. The third-order valence-corrected chi connectivity index (χ3v) is 8.42. The summed E-state index contributed by atoms with van der Waals surface area (Å²) in [6.45, 7) is 2.40. The Morgan fingerprint density at radius 1 is 0.971 bits per heavy atom. The van der Waals surface area contributed by atoms with E-state index < -0.39 is 0 Å². The van der Waals surface area contributed by atoms with Crippen LogP contribution in [0.5, 0.6) is 0 Å². The molecule has 4 aromatic rings. The first kappa shape index (κ1) is 20.6. The average Bonchev–Trinajstić information content (AvgIpc) is 3.58. The molecule has 2 amide bonds. The van der Waals surface area contributed by atoms with E-state index in [2.05, 4.69) is 44.2 Å². The zero-order valence-corrected chi connectivity index (χ0v) is 19.7. The van der Waals surface area contributed by atoms with Crippen LogP contribution in [0.4, 0.5) is 4.79 Å². The predicted molar refractivity (Wildman–Crippen MR) is 134 cm³/mol. The number of benzene rings is 1. The number of nitrogens with one attached hydrogen (secondary N) is 1. The summed E-state index contributed by atoms with van der Waals surface area (Å²) in [4.78, 5) is 24.3. The number of carbonyl (C=O) groups is 1. The van der Waals surface area contributed by atoms with Gasteiger partial charge >= 0.3 is 6.03 Å². The van der Waals surface area contributed by atoms with Gasteiger partial charge in [-0.15, -0.1) is 0 Å². The molecule has 1 saturated heterocycles. The van der Waals surface area contributed by atoms with Gasteiger partial charge in [0.05, 0.1) is 16.7 Å². The van der Waals surface area contributed by atoms with Crippen LogP contribution >= 0.6 is 0 Å². The Morgan fingerprint density at radius 3 is 2.69 bits per heavy atom. The molecule has 1 spiro atoms. The number of likely N-dealkylation sites (tertiary alicyclic amines) is 1. The Kier molecular flexibility index (Phi) is 4.50. The molecule has 1 atom stereocenters. The molecule has 1 aromatic carbocycles. The number of pyridine rings is 2. The number of aryl methyl sites for hydroxylation is 1. The van der Waals surface area contributed by atoms with Gasteiger partial charge in [-0.3, -0.25) is 14.6 Å². The van der Waals surface area contributed by atoms with Gasteiger partial charge in [0.25, 0.3) is 0 Å². The lowest BCUT2D eigenvalue weighted by Gasteiger charge is -2.43. The lowest BCUT2D eigenvalue weighted by molar-refractivity contribution is 0.154. The molecule has 2 aliphatic heterocycles. The van der Waals surface area contributed by atoms with Crippen molar-refractivity contribution < 1.29 is 4.79 Å². The Balaban J connectivity index is 1.12. The summed E-state index contributed by atoms with van der Waals surface area (Å²) in [5, 5.41) is 9.43. The quantitative estimate of drug-likeness (QED) is 0.480. The van der Waals surface area contributed by atoms with Gasteiger partial charge in [-0.05, 0) is 61.9 Å². The second-order valence-corrected chi connectivity index (χ2v) is 10.4. The van der Waals surface area contributed by atoms with Crippen molar-refractivity contribution in [1.82, 2.24) is 30.0 Å². The SMILES string of the molecule is O=C(NC1(c2cccnc2)CCC1)N1CCC2(CCn3nc(-c4cnc5ccccc5c4)cc32)C1. The molecule has 1 aliphatic carbocycles. The standard InChI is InChI=1S/C28H28N6O/c35-26(31-28(8-4-9-28)22-6-3-12-29-18-22)33-13-10-27(19-33)11-14-34-25(27)16-24(32-34)21-15-20-5-1-2-7-23(20)30-17-21/h1-3,5-7,12,15-18H,4,8-11,13-14,19H2,(H,31,35). The lowest BCUT2D eigenvalue weighted by Crippen LogP contribution is -2.54. The Bertz CT molecular complexity index is 1430. The maximum absolute atomic E-state index is 13.4. The summed E-state index contributed by atoms with van der Waals surface area (Å²) in [6.07, 6.45) is 10.7. The molecular formula is C28H28N6O. The molecule has 35 heavy (non-hydrogen) atoms. The smallest absolute Gasteiger partial charge is 0.318 e. The summed E-state index contributed by atoms with van der Waals surface area (Å²) < 4.78 is 2.15. The molecule has 7 rings (SSSR count). The van der Waals surface area contributed by atoms with E-state index in [0.717, 1.165) is 79.5 Å². The predicted octanol–water partition coefficient (Wildman–Crippen LogP) is 4.63. The number of para-hydroxylation sites is 1. The molecule has 1 saturated carbocycles. The topological polar surface area (TPSA) is 75.9 Å². The summed E-state index contributed by atoms with van der Waals surface area (Å²) in [5.74, 6) is 0. The number of urea groups is 1. The fourth-order valence-corrected chi connectivity index (χ4v) is 6.22. The van der Waals surface area contributed by atoms with Crippen molar-refractivity contribution in [3.63, 3.8) is 0 Å². The zero-order valence-electron chi connectivity index (χ0n) is 19.7. The molecule has 7 nitrogen and oxygen atoms in total. The number of aromatic nitrogens is 4. The summed E-state index contributed by atoms with van der Waals surface area (Å²) in [5.41, 5.74) is 5.07. The number of nitrogens with zero attached hydrogens (tertiary/aromatic N) is 5. The van der Waals surface area contributed by atoms with E-state index in [-0.39, 0.29) is 17.0 Å². The summed E-state index contributed by atoms with van der Waals surface area (Å²) in [7, 11) is 0. The van der Waals surface area contributed by atoms with E-state index in [9.17, 15) is 4.79 Å². The highest BCUT2D eigenvalue weighted by Crippen LogP contribution is 2.45. The van der Waals surface area contributed by atoms with E-state index >= 15 is 0 Å². The number of fused-ring (bicyclic) bond motifs is 3. The van der Waals surface area contributed by atoms with Crippen LogP contribution < -0.4 is 5.32 Å². The molecule has 3 aliphatic rings. The van der Waals surface area contributed by atoms with Crippen molar-refractivity contribution in [2.75, 3.05) is 13.1 Å². The number of rotatable bonds is 3. The summed E-state index contributed by atoms with van der Waals surface area (Å²) >= 11 is 0. The van der Waals surface area contributed by atoms with E-state index in [1.165, 1.54) is 5.69 Å². The minimum Gasteiger partial charge on any atom is -0.328 e. The fraction of sp³-hybridized carbons (Fsp3) is 0.357. The Labute approximate surface area is 204 Å². The first-order valence-electron chi connectivity index (χ1n) is 12.6. The number of carbonyl (C=O) groups excluding carboxylic acids is 1. The van der Waals surface area contributed by atoms with Crippen LogP contribution in [-0.4, -0.2) is 43.8 Å². The molecule has 0 bridgehead atoms. The van der Waals surface area contributed by atoms with Crippen molar-refractivity contribution in [2.24, 2.45) is 0 Å². The summed E-state index contributed by atoms with van der Waals surface area (Å²) in [6, 6.07) is 16.6. The minimum atomic E-state index is -0.269. The molecule has 2 fully saturated rings. The first-order chi connectivity index (χ1) is 17.1. The third kappa shape index (κ3) is 3.25. The van der Waals surface area contributed by atoms with Gasteiger partial charge in [0.15, 0.2) is 0 Å². The van der Waals surface area contributed by atoms with Crippen LogP contribution in [0.15, 0.2) is 67.1 Å². The van der Waals surface area contributed by atoms with E-state index in [4.69, 9.17) is 5.10 Å². The minimum absolute atomic E-state index is 0.0199. The molecule has 0 radical (unpaired) electrons. The molecule has 176 valence electrons.